The lowest BCUT2D eigenvalue weighted by molar-refractivity contribution is 0.168. The van der Waals surface area contributed by atoms with E-state index in [1.807, 2.05) is 30.3 Å². The predicted octanol–water partition coefficient (Wildman–Crippen LogP) is 4.66. The average molecular weight is 393 g/mol. The van der Waals surface area contributed by atoms with Crippen LogP contribution in [-0.4, -0.2) is 28.1 Å². The minimum absolute atomic E-state index is 0. The van der Waals surface area contributed by atoms with Crippen molar-refractivity contribution in [1.29, 1.82) is 0 Å². The van der Waals surface area contributed by atoms with E-state index in [-0.39, 0.29) is 23.0 Å². The number of aliphatic imine (C=N–C) groups is 1. The van der Waals surface area contributed by atoms with Crippen molar-refractivity contribution in [2.75, 3.05) is 17.7 Å². The van der Waals surface area contributed by atoms with Crippen LogP contribution >= 0.6 is 24.2 Å². The molecule has 2 heterocycles. The van der Waals surface area contributed by atoms with Crippen LogP contribution in [0.3, 0.4) is 0 Å². The first kappa shape index (κ1) is 20.1. The summed E-state index contributed by atoms with van der Waals surface area (Å²) in [5.41, 5.74) is 8.74. The van der Waals surface area contributed by atoms with Crippen LogP contribution in [0.2, 0.25) is 0 Å². The zero-order valence-corrected chi connectivity index (χ0v) is 16.4. The van der Waals surface area contributed by atoms with E-state index in [2.05, 4.69) is 24.1 Å². The first-order valence-electron chi connectivity index (χ1n) is 7.98. The number of benzene rings is 1. The molecule has 0 spiro atoms. The number of aromatic nitrogens is 1. The number of ether oxygens (including phenoxy) is 1. The minimum atomic E-state index is -0.553. The van der Waals surface area contributed by atoms with Crippen molar-refractivity contribution in [2.45, 2.75) is 30.4 Å². The quantitative estimate of drug-likeness (QED) is 0.792. The number of halogens is 1. The Morgan fingerprint density at radius 1 is 1.31 bits per heavy atom. The molecule has 0 unspecified atom stereocenters. The number of fused-ring (bicyclic) bond motifs is 1. The van der Waals surface area contributed by atoms with Gasteiger partial charge in [0.15, 0.2) is 5.82 Å². The highest BCUT2D eigenvalue weighted by Crippen LogP contribution is 2.48. The number of hydrogen-bond acceptors (Lipinski definition) is 6. The van der Waals surface area contributed by atoms with Crippen LogP contribution in [0.4, 0.5) is 22.1 Å². The topological polar surface area (TPSA) is 89.6 Å². The second-order valence-corrected chi connectivity index (χ2v) is 7.69. The van der Waals surface area contributed by atoms with E-state index in [9.17, 15) is 4.79 Å². The van der Waals surface area contributed by atoms with Crippen LogP contribution in [-0.2, 0) is 4.74 Å². The number of anilines is 2. The minimum Gasteiger partial charge on any atom is -0.450 e. The lowest BCUT2D eigenvalue weighted by Gasteiger charge is -2.31. The Hall–Kier alpha value is -2.25. The third kappa shape index (κ3) is 4.11. The molecule has 8 heteroatoms. The molecule has 0 aliphatic carbocycles. The van der Waals surface area contributed by atoms with E-state index in [1.165, 1.54) is 0 Å². The molecule has 0 atom stereocenters. The molecule has 3 rings (SSSR count). The van der Waals surface area contributed by atoms with E-state index in [0.29, 0.717) is 18.1 Å². The maximum Gasteiger partial charge on any atom is 0.412 e. The third-order valence-electron chi connectivity index (χ3n) is 3.70. The van der Waals surface area contributed by atoms with E-state index in [1.54, 1.807) is 24.8 Å². The molecule has 1 aromatic carbocycles. The van der Waals surface area contributed by atoms with Crippen molar-refractivity contribution in [3.8, 4) is 0 Å². The Labute approximate surface area is 163 Å². The van der Waals surface area contributed by atoms with Gasteiger partial charge in [0, 0.05) is 4.90 Å². The fraction of sp³-hybridized carbons (Fsp3) is 0.278. The Morgan fingerprint density at radius 3 is 2.65 bits per heavy atom. The average Bonchev–Trinajstić information content (AvgIpc) is 2.54. The van der Waals surface area contributed by atoms with E-state index in [0.717, 1.165) is 16.2 Å². The molecule has 0 fully saturated rings. The Balaban J connectivity index is 0.00000243. The van der Waals surface area contributed by atoms with Crippen molar-refractivity contribution < 1.29 is 9.53 Å². The molecular formula is C18H21ClN4O2S. The Morgan fingerprint density at radius 2 is 2.00 bits per heavy atom. The van der Waals surface area contributed by atoms with Crippen LogP contribution in [0.1, 0.15) is 26.3 Å². The molecule has 6 nitrogen and oxygen atoms in total. The number of rotatable bonds is 3. The first-order chi connectivity index (χ1) is 11.9. The van der Waals surface area contributed by atoms with Crippen molar-refractivity contribution in [3.63, 3.8) is 0 Å². The van der Waals surface area contributed by atoms with E-state index >= 15 is 0 Å². The molecule has 138 valence electrons. The predicted molar refractivity (Wildman–Crippen MR) is 109 cm³/mol. The van der Waals surface area contributed by atoms with E-state index in [4.69, 9.17) is 15.5 Å². The number of pyridine rings is 1. The number of nitrogens with one attached hydrogen (secondary N) is 1. The summed E-state index contributed by atoms with van der Waals surface area (Å²) in [7, 11) is 0. The number of thioether (sulfide) groups is 1. The van der Waals surface area contributed by atoms with Crippen molar-refractivity contribution in [1.82, 2.24) is 4.98 Å². The van der Waals surface area contributed by atoms with Gasteiger partial charge in [-0.2, -0.15) is 0 Å². The van der Waals surface area contributed by atoms with Crippen molar-refractivity contribution in [2.24, 2.45) is 4.99 Å². The lowest BCUT2D eigenvalue weighted by Crippen LogP contribution is -2.30. The summed E-state index contributed by atoms with van der Waals surface area (Å²) in [5.74, 6) is 0.636. The van der Waals surface area contributed by atoms with Gasteiger partial charge in [-0.15, -0.1) is 24.2 Å². The highest BCUT2D eigenvalue weighted by Gasteiger charge is 2.33. The first-order valence-corrected chi connectivity index (χ1v) is 8.80. The van der Waals surface area contributed by atoms with Crippen molar-refractivity contribution in [3.05, 3.63) is 42.0 Å². The molecule has 0 radical (unpaired) electrons. The third-order valence-corrected chi connectivity index (χ3v) is 4.93. The summed E-state index contributed by atoms with van der Waals surface area (Å²) in [4.78, 5) is 21.5. The second kappa shape index (κ2) is 7.97. The van der Waals surface area contributed by atoms with Gasteiger partial charge in [0.05, 0.1) is 17.1 Å². The zero-order valence-electron chi connectivity index (χ0n) is 14.8. The van der Waals surface area contributed by atoms with Gasteiger partial charge in [-0.25, -0.2) is 14.8 Å². The van der Waals surface area contributed by atoms with Gasteiger partial charge >= 0.3 is 6.09 Å². The fourth-order valence-electron chi connectivity index (χ4n) is 2.64. The van der Waals surface area contributed by atoms with Gasteiger partial charge in [0.2, 0.25) is 0 Å². The summed E-state index contributed by atoms with van der Waals surface area (Å²) >= 11 is 1.64. The smallest absolute Gasteiger partial charge is 0.412 e. The summed E-state index contributed by atoms with van der Waals surface area (Å²) < 4.78 is 4.63. The molecule has 1 aliphatic rings. The van der Waals surface area contributed by atoms with Gasteiger partial charge in [0.1, 0.15) is 11.5 Å². The molecule has 1 aliphatic heterocycles. The fourth-order valence-corrected chi connectivity index (χ4v) is 3.86. The maximum atomic E-state index is 11.6. The number of nitrogens with two attached hydrogens (primary N) is 1. The molecule has 2 aromatic rings. The summed E-state index contributed by atoms with van der Waals surface area (Å²) in [5, 5.41) is 2.59. The number of hydrogen-bond donors (Lipinski definition) is 2. The van der Waals surface area contributed by atoms with Gasteiger partial charge in [-0.3, -0.25) is 5.32 Å². The Bertz CT molecular complexity index is 841. The van der Waals surface area contributed by atoms with Crippen LogP contribution < -0.4 is 11.1 Å². The maximum absolute atomic E-state index is 11.6. The van der Waals surface area contributed by atoms with Crippen LogP contribution in [0.25, 0.3) is 0 Å². The molecule has 3 N–H and O–H groups in total. The molecule has 0 bridgehead atoms. The van der Waals surface area contributed by atoms with Crippen molar-refractivity contribution >= 4 is 53.3 Å². The highest BCUT2D eigenvalue weighted by atomic mass is 35.5. The van der Waals surface area contributed by atoms with Gasteiger partial charge in [-0.05, 0) is 32.4 Å². The van der Waals surface area contributed by atoms with E-state index < -0.39 is 6.09 Å². The normalized spacial score (nSPS) is 14.5. The van der Waals surface area contributed by atoms with Crippen LogP contribution in [0.15, 0.2) is 46.3 Å². The van der Waals surface area contributed by atoms with Gasteiger partial charge in [-0.1, -0.05) is 30.3 Å². The number of amides is 1. The molecule has 1 amide bonds. The summed E-state index contributed by atoms with van der Waals surface area (Å²) in [6.07, 6.45) is -0.553. The molecular weight excluding hydrogens is 372 g/mol. The number of nitrogen functional groups attached to an aromatic ring is 1. The van der Waals surface area contributed by atoms with Gasteiger partial charge < -0.3 is 10.5 Å². The largest absolute Gasteiger partial charge is 0.450 e. The molecule has 0 saturated heterocycles. The number of nitrogens with zero attached hydrogens (tertiary/aromatic N) is 2. The molecule has 0 saturated carbocycles. The summed E-state index contributed by atoms with van der Waals surface area (Å²) in [6, 6.07) is 11.8. The number of carbonyl (C=O) groups is 1. The zero-order chi connectivity index (χ0) is 18.0. The SMILES string of the molecule is CCOC(=O)Nc1cc2c(c(N)n1)N=C(c1ccccc1)C(C)(C)S2.Cl. The molecule has 1 aromatic heterocycles. The van der Waals surface area contributed by atoms with Gasteiger partial charge in [0.25, 0.3) is 0 Å². The second-order valence-electron chi connectivity index (χ2n) is 6.02. The highest BCUT2D eigenvalue weighted by molar-refractivity contribution is 8.01. The number of carbonyl (C=O) groups excluding carboxylic acids is 1. The monoisotopic (exact) mass is 392 g/mol. The lowest BCUT2D eigenvalue weighted by atomic mass is 9.98. The Kier molecular flexibility index (Phi) is 6.15. The summed E-state index contributed by atoms with van der Waals surface area (Å²) in [6.45, 7) is 6.26. The standard InChI is InChI=1S/C18H20N4O2S.ClH/c1-4-24-17(23)21-13-10-12-14(16(19)20-13)22-15(18(2,3)25-12)11-8-6-5-7-9-11;/h5-10H,4H2,1-3H3,(H3,19,20,21,23);1H. The van der Waals surface area contributed by atoms with Crippen LogP contribution in [0, 0.1) is 0 Å². The van der Waals surface area contributed by atoms with Crippen LogP contribution in [0.5, 0.6) is 0 Å². The molecule has 26 heavy (non-hydrogen) atoms.